The SMILES string of the molecule is CCCn1ccnc1CC(CSc1ccccc1)NC. The van der Waals surface area contributed by atoms with Crippen LogP contribution in [0.2, 0.25) is 0 Å². The van der Waals surface area contributed by atoms with Gasteiger partial charge in [0.25, 0.3) is 0 Å². The van der Waals surface area contributed by atoms with Crippen LogP contribution in [0.15, 0.2) is 47.6 Å². The first-order valence-corrected chi connectivity index (χ1v) is 8.17. The first kappa shape index (κ1) is 15.1. The van der Waals surface area contributed by atoms with Crippen LogP contribution in [-0.4, -0.2) is 28.4 Å². The van der Waals surface area contributed by atoms with Crippen LogP contribution < -0.4 is 5.32 Å². The minimum absolute atomic E-state index is 0.443. The lowest BCUT2D eigenvalue weighted by molar-refractivity contribution is 0.560. The van der Waals surface area contributed by atoms with E-state index in [-0.39, 0.29) is 0 Å². The van der Waals surface area contributed by atoms with E-state index in [0.29, 0.717) is 6.04 Å². The summed E-state index contributed by atoms with van der Waals surface area (Å²) in [7, 11) is 2.03. The van der Waals surface area contributed by atoms with Crippen molar-refractivity contribution in [2.24, 2.45) is 0 Å². The van der Waals surface area contributed by atoms with Gasteiger partial charge in [0, 0.05) is 42.0 Å². The minimum atomic E-state index is 0.443. The summed E-state index contributed by atoms with van der Waals surface area (Å²) in [6.45, 7) is 3.25. The number of aromatic nitrogens is 2. The van der Waals surface area contributed by atoms with E-state index in [2.05, 4.69) is 58.3 Å². The van der Waals surface area contributed by atoms with Gasteiger partial charge in [-0.3, -0.25) is 0 Å². The van der Waals surface area contributed by atoms with Gasteiger partial charge in [0.15, 0.2) is 0 Å². The maximum atomic E-state index is 4.49. The maximum Gasteiger partial charge on any atom is 0.110 e. The Bertz CT molecular complexity index is 495. The highest BCUT2D eigenvalue weighted by Gasteiger charge is 2.11. The van der Waals surface area contributed by atoms with E-state index < -0.39 is 0 Å². The van der Waals surface area contributed by atoms with Gasteiger partial charge in [-0.15, -0.1) is 11.8 Å². The van der Waals surface area contributed by atoms with Crippen LogP contribution >= 0.6 is 11.8 Å². The van der Waals surface area contributed by atoms with E-state index in [4.69, 9.17) is 0 Å². The molecule has 1 N–H and O–H groups in total. The Kier molecular flexibility index (Phi) is 6.15. The number of nitrogens with one attached hydrogen (secondary N) is 1. The van der Waals surface area contributed by atoms with Crippen molar-refractivity contribution in [3.05, 3.63) is 48.5 Å². The van der Waals surface area contributed by atoms with Crippen molar-refractivity contribution >= 4 is 11.8 Å². The summed E-state index contributed by atoms with van der Waals surface area (Å²) < 4.78 is 2.26. The van der Waals surface area contributed by atoms with Crippen molar-refractivity contribution < 1.29 is 0 Å². The molecule has 0 aliphatic rings. The number of hydrogen-bond acceptors (Lipinski definition) is 3. The van der Waals surface area contributed by atoms with Crippen molar-refractivity contribution in [2.45, 2.75) is 37.2 Å². The van der Waals surface area contributed by atoms with Gasteiger partial charge in [-0.1, -0.05) is 25.1 Å². The fourth-order valence-electron chi connectivity index (χ4n) is 2.15. The van der Waals surface area contributed by atoms with Gasteiger partial charge in [0.05, 0.1) is 0 Å². The zero-order chi connectivity index (χ0) is 14.2. The highest BCUT2D eigenvalue weighted by molar-refractivity contribution is 7.99. The molecule has 0 amide bonds. The molecule has 1 atom stereocenters. The molecule has 4 heteroatoms. The lowest BCUT2D eigenvalue weighted by Crippen LogP contribution is -2.31. The fourth-order valence-corrected chi connectivity index (χ4v) is 3.18. The second-order valence-corrected chi connectivity index (χ2v) is 5.94. The third kappa shape index (κ3) is 4.39. The van der Waals surface area contributed by atoms with Gasteiger partial charge in [0.2, 0.25) is 0 Å². The zero-order valence-electron chi connectivity index (χ0n) is 12.2. The average Bonchev–Trinajstić information content (AvgIpc) is 2.92. The summed E-state index contributed by atoms with van der Waals surface area (Å²) in [6, 6.07) is 11.0. The number of thioether (sulfide) groups is 1. The van der Waals surface area contributed by atoms with Gasteiger partial charge in [0.1, 0.15) is 5.82 Å². The first-order valence-electron chi connectivity index (χ1n) is 7.18. The average molecular weight is 289 g/mol. The van der Waals surface area contributed by atoms with Crippen LogP contribution in [0.5, 0.6) is 0 Å². The zero-order valence-corrected chi connectivity index (χ0v) is 13.1. The molecular formula is C16H23N3S. The van der Waals surface area contributed by atoms with Crippen LogP contribution in [0.3, 0.4) is 0 Å². The summed E-state index contributed by atoms with van der Waals surface area (Å²) >= 11 is 1.89. The summed E-state index contributed by atoms with van der Waals surface area (Å²) in [6.07, 6.45) is 6.10. The van der Waals surface area contributed by atoms with Gasteiger partial charge in [-0.05, 0) is 25.6 Å². The third-order valence-electron chi connectivity index (χ3n) is 3.30. The number of hydrogen-bond donors (Lipinski definition) is 1. The number of imidazole rings is 1. The molecule has 0 bridgehead atoms. The molecule has 108 valence electrons. The maximum absolute atomic E-state index is 4.49. The van der Waals surface area contributed by atoms with Crippen molar-refractivity contribution in [3.63, 3.8) is 0 Å². The molecular weight excluding hydrogens is 266 g/mol. The molecule has 3 nitrogen and oxygen atoms in total. The van der Waals surface area contributed by atoms with Gasteiger partial charge < -0.3 is 9.88 Å². The quantitative estimate of drug-likeness (QED) is 0.757. The number of benzene rings is 1. The highest BCUT2D eigenvalue weighted by atomic mass is 32.2. The minimum Gasteiger partial charge on any atom is -0.335 e. The predicted octanol–water partition coefficient (Wildman–Crippen LogP) is 3.22. The first-order chi connectivity index (χ1) is 9.83. The van der Waals surface area contributed by atoms with E-state index in [1.54, 1.807) is 0 Å². The Hall–Kier alpha value is -1.26. The Balaban J connectivity index is 1.90. The van der Waals surface area contributed by atoms with Gasteiger partial charge >= 0.3 is 0 Å². The molecule has 0 radical (unpaired) electrons. The van der Waals surface area contributed by atoms with Crippen LogP contribution in [0, 0.1) is 0 Å². The largest absolute Gasteiger partial charge is 0.335 e. The van der Waals surface area contributed by atoms with Crippen molar-refractivity contribution in [2.75, 3.05) is 12.8 Å². The molecule has 0 spiro atoms. The second kappa shape index (κ2) is 8.12. The number of rotatable bonds is 8. The fraction of sp³-hybridized carbons (Fsp3) is 0.438. The Labute approximate surface area is 125 Å². The van der Waals surface area contributed by atoms with Gasteiger partial charge in [-0.25, -0.2) is 4.98 Å². The molecule has 0 aliphatic carbocycles. The molecule has 0 saturated heterocycles. The molecule has 1 aromatic carbocycles. The Morgan fingerprint density at radius 1 is 1.30 bits per heavy atom. The summed E-state index contributed by atoms with van der Waals surface area (Å²) in [5, 5.41) is 3.41. The van der Waals surface area contributed by atoms with E-state index in [0.717, 1.165) is 25.1 Å². The lowest BCUT2D eigenvalue weighted by atomic mass is 10.2. The van der Waals surface area contributed by atoms with E-state index in [1.807, 2.05) is 25.0 Å². The van der Waals surface area contributed by atoms with Gasteiger partial charge in [-0.2, -0.15) is 0 Å². The summed E-state index contributed by atoms with van der Waals surface area (Å²) in [4.78, 5) is 5.82. The molecule has 2 rings (SSSR count). The number of aryl methyl sites for hydroxylation is 1. The monoisotopic (exact) mass is 289 g/mol. The van der Waals surface area contributed by atoms with Crippen LogP contribution in [-0.2, 0) is 13.0 Å². The lowest BCUT2D eigenvalue weighted by Gasteiger charge is -2.16. The standard InChI is InChI=1S/C16H23N3S/c1-3-10-19-11-9-18-16(19)12-14(17-2)13-20-15-7-5-4-6-8-15/h4-9,11,14,17H,3,10,12-13H2,1-2H3. The normalized spacial score (nSPS) is 12.5. The molecule has 2 aromatic rings. The van der Waals surface area contributed by atoms with Crippen LogP contribution in [0.1, 0.15) is 19.2 Å². The molecule has 1 heterocycles. The third-order valence-corrected chi connectivity index (χ3v) is 4.47. The molecule has 1 unspecified atom stereocenters. The van der Waals surface area contributed by atoms with E-state index in [9.17, 15) is 0 Å². The van der Waals surface area contributed by atoms with Crippen LogP contribution in [0.4, 0.5) is 0 Å². The number of nitrogens with zero attached hydrogens (tertiary/aromatic N) is 2. The topological polar surface area (TPSA) is 29.9 Å². The van der Waals surface area contributed by atoms with Crippen molar-refractivity contribution in [1.29, 1.82) is 0 Å². The van der Waals surface area contributed by atoms with E-state index >= 15 is 0 Å². The second-order valence-electron chi connectivity index (χ2n) is 4.85. The molecule has 0 aliphatic heterocycles. The number of likely N-dealkylation sites (N-methyl/N-ethyl adjacent to an activating group) is 1. The van der Waals surface area contributed by atoms with Crippen molar-refractivity contribution in [3.8, 4) is 0 Å². The predicted molar refractivity (Wildman–Crippen MR) is 86.2 cm³/mol. The van der Waals surface area contributed by atoms with Crippen molar-refractivity contribution in [1.82, 2.24) is 14.9 Å². The molecule has 1 aromatic heterocycles. The molecule has 0 fully saturated rings. The Morgan fingerprint density at radius 3 is 2.80 bits per heavy atom. The highest BCUT2D eigenvalue weighted by Crippen LogP contribution is 2.19. The smallest absolute Gasteiger partial charge is 0.110 e. The summed E-state index contributed by atoms with van der Waals surface area (Å²) in [5.74, 6) is 2.24. The Morgan fingerprint density at radius 2 is 2.10 bits per heavy atom. The molecule has 0 saturated carbocycles. The summed E-state index contributed by atoms with van der Waals surface area (Å²) in [5.41, 5.74) is 0. The van der Waals surface area contributed by atoms with E-state index in [1.165, 1.54) is 10.7 Å². The molecule has 20 heavy (non-hydrogen) atoms. The van der Waals surface area contributed by atoms with Crippen LogP contribution in [0.25, 0.3) is 0 Å².